The quantitative estimate of drug-likeness (QED) is 0.600. The summed E-state index contributed by atoms with van der Waals surface area (Å²) in [6.07, 6.45) is 5.08. The molecule has 1 aliphatic rings. The molecule has 1 aromatic heterocycles. The van der Waals surface area contributed by atoms with Gasteiger partial charge in [0.25, 0.3) is 0 Å². The fourth-order valence-electron chi connectivity index (χ4n) is 4.00. The second kappa shape index (κ2) is 8.01. The van der Waals surface area contributed by atoms with Crippen molar-refractivity contribution in [1.82, 2.24) is 9.88 Å². The van der Waals surface area contributed by atoms with Crippen molar-refractivity contribution < 1.29 is 4.79 Å². The first-order valence-corrected chi connectivity index (χ1v) is 9.89. The van der Waals surface area contributed by atoms with Gasteiger partial charge in [0.15, 0.2) is 0 Å². The van der Waals surface area contributed by atoms with Crippen LogP contribution in [0.2, 0.25) is 0 Å². The lowest BCUT2D eigenvalue weighted by molar-refractivity contribution is -0.107. The summed E-state index contributed by atoms with van der Waals surface area (Å²) in [5.41, 5.74) is 5.63. The van der Waals surface area contributed by atoms with Gasteiger partial charge in [-0.2, -0.15) is 0 Å². The number of benzene rings is 2. The maximum absolute atomic E-state index is 10.6. The van der Waals surface area contributed by atoms with Crippen LogP contribution in [0.15, 0.2) is 54.6 Å². The SMILES string of the molecule is C[C@@H]1CCCN1CCc1ccc2cc(-c3ccc(CC=O)cc3)ccc2n1. The topological polar surface area (TPSA) is 33.2 Å². The minimum Gasteiger partial charge on any atom is -0.303 e. The van der Waals surface area contributed by atoms with E-state index < -0.39 is 0 Å². The minimum atomic E-state index is 0.473. The highest BCUT2D eigenvalue weighted by Gasteiger charge is 2.19. The summed E-state index contributed by atoms with van der Waals surface area (Å²) in [6.45, 7) is 4.66. The van der Waals surface area contributed by atoms with Gasteiger partial charge in [0, 0.05) is 36.5 Å². The molecule has 0 N–H and O–H groups in total. The summed E-state index contributed by atoms with van der Waals surface area (Å²) in [5.74, 6) is 0. The monoisotopic (exact) mass is 358 g/mol. The van der Waals surface area contributed by atoms with Crippen molar-refractivity contribution in [2.45, 2.75) is 38.6 Å². The van der Waals surface area contributed by atoms with Crippen LogP contribution < -0.4 is 0 Å². The van der Waals surface area contributed by atoms with E-state index in [4.69, 9.17) is 4.98 Å². The highest BCUT2D eigenvalue weighted by Crippen LogP contribution is 2.25. The Bertz CT molecular complexity index is 933. The third-order valence-corrected chi connectivity index (χ3v) is 5.70. The summed E-state index contributed by atoms with van der Waals surface area (Å²) >= 11 is 0. The number of carbonyl (C=O) groups excluding carboxylic acids is 1. The van der Waals surface area contributed by atoms with E-state index in [1.54, 1.807) is 0 Å². The molecule has 0 saturated carbocycles. The number of rotatable bonds is 6. The summed E-state index contributed by atoms with van der Waals surface area (Å²) in [7, 11) is 0. The molecular weight excluding hydrogens is 332 g/mol. The number of fused-ring (bicyclic) bond motifs is 1. The molecule has 1 atom stereocenters. The van der Waals surface area contributed by atoms with Gasteiger partial charge in [-0.3, -0.25) is 4.98 Å². The molecule has 0 spiro atoms. The highest BCUT2D eigenvalue weighted by molar-refractivity contribution is 5.84. The molecule has 2 heterocycles. The number of pyridine rings is 1. The molecule has 1 fully saturated rings. The predicted molar refractivity (Wildman–Crippen MR) is 111 cm³/mol. The Kier molecular flexibility index (Phi) is 5.30. The van der Waals surface area contributed by atoms with E-state index in [0.717, 1.165) is 30.3 Å². The van der Waals surface area contributed by atoms with Crippen molar-refractivity contribution in [3.8, 4) is 11.1 Å². The van der Waals surface area contributed by atoms with E-state index in [0.29, 0.717) is 12.5 Å². The zero-order valence-corrected chi connectivity index (χ0v) is 15.9. The number of nitrogens with zero attached hydrogens (tertiary/aromatic N) is 2. The number of hydrogen-bond acceptors (Lipinski definition) is 3. The Labute approximate surface area is 161 Å². The number of likely N-dealkylation sites (tertiary alicyclic amines) is 1. The molecule has 2 aromatic carbocycles. The molecule has 4 rings (SSSR count). The van der Waals surface area contributed by atoms with Gasteiger partial charge in [0.1, 0.15) is 6.29 Å². The van der Waals surface area contributed by atoms with Crippen molar-refractivity contribution in [1.29, 1.82) is 0 Å². The zero-order chi connectivity index (χ0) is 18.6. The van der Waals surface area contributed by atoms with E-state index in [9.17, 15) is 4.79 Å². The Morgan fingerprint density at radius 1 is 1.07 bits per heavy atom. The van der Waals surface area contributed by atoms with Gasteiger partial charge in [-0.15, -0.1) is 0 Å². The molecule has 138 valence electrons. The van der Waals surface area contributed by atoms with Crippen molar-refractivity contribution in [2.24, 2.45) is 0 Å². The molecule has 1 saturated heterocycles. The van der Waals surface area contributed by atoms with Gasteiger partial charge in [0.2, 0.25) is 0 Å². The van der Waals surface area contributed by atoms with Crippen LogP contribution in [0.4, 0.5) is 0 Å². The molecule has 0 bridgehead atoms. The predicted octanol–water partition coefficient (Wildman–Crippen LogP) is 4.67. The molecule has 1 aliphatic heterocycles. The lowest BCUT2D eigenvalue weighted by atomic mass is 10.0. The number of hydrogen-bond donors (Lipinski definition) is 0. The summed E-state index contributed by atoms with van der Waals surface area (Å²) in [6, 6.07) is 19.7. The molecule has 0 unspecified atom stereocenters. The molecule has 0 aliphatic carbocycles. The lowest BCUT2D eigenvalue weighted by Crippen LogP contribution is -2.29. The first-order chi connectivity index (χ1) is 13.2. The third-order valence-electron chi connectivity index (χ3n) is 5.70. The van der Waals surface area contributed by atoms with Crippen molar-refractivity contribution >= 4 is 17.2 Å². The average molecular weight is 358 g/mol. The molecule has 3 heteroatoms. The molecule has 0 radical (unpaired) electrons. The van der Waals surface area contributed by atoms with E-state index in [1.165, 1.54) is 41.6 Å². The summed E-state index contributed by atoms with van der Waals surface area (Å²) in [5, 5.41) is 1.17. The van der Waals surface area contributed by atoms with Crippen LogP contribution in [0, 0.1) is 0 Å². The van der Waals surface area contributed by atoms with Crippen LogP contribution in [0.5, 0.6) is 0 Å². The Morgan fingerprint density at radius 3 is 2.63 bits per heavy atom. The van der Waals surface area contributed by atoms with Gasteiger partial charge >= 0.3 is 0 Å². The van der Waals surface area contributed by atoms with Gasteiger partial charge in [-0.1, -0.05) is 36.4 Å². The lowest BCUT2D eigenvalue weighted by Gasteiger charge is -2.20. The minimum absolute atomic E-state index is 0.473. The second-order valence-electron chi connectivity index (χ2n) is 7.56. The van der Waals surface area contributed by atoms with Gasteiger partial charge in [0.05, 0.1) is 5.52 Å². The fraction of sp³-hybridized carbons (Fsp3) is 0.333. The zero-order valence-electron chi connectivity index (χ0n) is 15.9. The van der Waals surface area contributed by atoms with Crippen molar-refractivity contribution in [2.75, 3.05) is 13.1 Å². The van der Waals surface area contributed by atoms with Crippen LogP contribution in [-0.2, 0) is 17.6 Å². The maximum atomic E-state index is 10.6. The van der Waals surface area contributed by atoms with Gasteiger partial charge in [-0.25, -0.2) is 0 Å². The number of carbonyl (C=O) groups is 1. The number of aldehydes is 1. The standard InChI is InChI=1S/C24H26N2O/c1-18-3-2-14-26(18)15-12-23-10-8-22-17-21(9-11-24(22)25-23)20-6-4-19(5-7-20)13-16-27/h4-11,16-18H,2-3,12-15H2,1H3/t18-/m1/s1. The molecule has 3 nitrogen and oxygen atoms in total. The van der Waals surface area contributed by atoms with E-state index in [2.05, 4.69) is 54.3 Å². The normalized spacial score (nSPS) is 17.4. The van der Waals surface area contributed by atoms with Crippen LogP contribution >= 0.6 is 0 Å². The Hall–Kier alpha value is -2.52. The first-order valence-electron chi connectivity index (χ1n) is 9.89. The van der Waals surface area contributed by atoms with Gasteiger partial charge in [-0.05, 0) is 61.2 Å². The summed E-state index contributed by atoms with van der Waals surface area (Å²) in [4.78, 5) is 18.1. The molecule has 3 aromatic rings. The highest BCUT2D eigenvalue weighted by atomic mass is 16.1. The molecule has 0 amide bonds. The van der Waals surface area contributed by atoms with Crippen molar-refractivity contribution in [3.63, 3.8) is 0 Å². The summed E-state index contributed by atoms with van der Waals surface area (Å²) < 4.78 is 0. The third kappa shape index (κ3) is 4.09. The average Bonchev–Trinajstić information content (AvgIpc) is 3.11. The van der Waals surface area contributed by atoms with E-state index in [-0.39, 0.29) is 0 Å². The van der Waals surface area contributed by atoms with E-state index >= 15 is 0 Å². The molecular formula is C24H26N2O. The van der Waals surface area contributed by atoms with Crippen LogP contribution in [0.25, 0.3) is 22.0 Å². The van der Waals surface area contributed by atoms with E-state index in [1.807, 2.05) is 12.1 Å². The second-order valence-corrected chi connectivity index (χ2v) is 7.56. The Balaban J connectivity index is 1.50. The number of aromatic nitrogens is 1. The first kappa shape index (κ1) is 17.9. The van der Waals surface area contributed by atoms with Crippen LogP contribution in [0.1, 0.15) is 31.0 Å². The van der Waals surface area contributed by atoms with Gasteiger partial charge < -0.3 is 9.69 Å². The molecule has 27 heavy (non-hydrogen) atoms. The fourth-order valence-corrected chi connectivity index (χ4v) is 4.00. The van der Waals surface area contributed by atoms with Crippen LogP contribution in [-0.4, -0.2) is 35.3 Å². The smallest absolute Gasteiger partial charge is 0.124 e. The maximum Gasteiger partial charge on any atom is 0.124 e. The Morgan fingerprint density at radius 2 is 1.89 bits per heavy atom. The van der Waals surface area contributed by atoms with Crippen molar-refractivity contribution in [3.05, 3.63) is 65.9 Å². The largest absolute Gasteiger partial charge is 0.303 e. The van der Waals surface area contributed by atoms with Crippen LogP contribution in [0.3, 0.4) is 0 Å².